The lowest BCUT2D eigenvalue weighted by Crippen LogP contribution is -2.26. The predicted octanol–water partition coefficient (Wildman–Crippen LogP) is 1.61. The number of amides is 1. The van der Waals surface area contributed by atoms with Crippen molar-refractivity contribution in [3.05, 3.63) is 41.0 Å². The van der Waals surface area contributed by atoms with E-state index in [1.807, 2.05) is 6.07 Å². The SMILES string of the molecule is O=C(NCCO)c1cc(Cl)cc2cccnc12. The third-order valence-corrected chi connectivity index (χ3v) is 2.53. The molecule has 4 nitrogen and oxygen atoms in total. The van der Waals surface area contributed by atoms with Crippen LogP contribution in [0.4, 0.5) is 0 Å². The van der Waals surface area contributed by atoms with Crippen LogP contribution in [0.2, 0.25) is 5.02 Å². The van der Waals surface area contributed by atoms with E-state index < -0.39 is 0 Å². The quantitative estimate of drug-likeness (QED) is 0.870. The monoisotopic (exact) mass is 250 g/mol. The number of carbonyl (C=O) groups excluding carboxylic acids is 1. The lowest BCUT2D eigenvalue weighted by atomic mass is 10.1. The molecule has 2 rings (SSSR count). The van der Waals surface area contributed by atoms with E-state index in [4.69, 9.17) is 16.7 Å². The normalized spacial score (nSPS) is 10.5. The van der Waals surface area contributed by atoms with Crippen molar-refractivity contribution in [1.82, 2.24) is 10.3 Å². The maximum Gasteiger partial charge on any atom is 0.253 e. The molecular weight excluding hydrogens is 240 g/mol. The van der Waals surface area contributed by atoms with Crippen LogP contribution in [0.15, 0.2) is 30.5 Å². The fourth-order valence-corrected chi connectivity index (χ4v) is 1.82. The summed E-state index contributed by atoms with van der Waals surface area (Å²) >= 11 is 5.94. The van der Waals surface area contributed by atoms with Crippen LogP contribution in [0.5, 0.6) is 0 Å². The first kappa shape index (κ1) is 11.8. The highest BCUT2D eigenvalue weighted by molar-refractivity contribution is 6.32. The summed E-state index contributed by atoms with van der Waals surface area (Å²) in [6.45, 7) is 0.108. The fraction of sp³-hybridized carbons (Fsp3) is 0.167. The van der Waals surface area contributed by atoms with Gasteiger partial charge in [-0.15, -0.1) is 0 Å². The molecule has 0 aliphatic carbocycles. The number of fused-ring (bicyclic) bond motifs is 1. The first-order valence-corrected chi connectivity index (χ1v) is 5.53. The van der Waals surface area contributed by atoms with Crippen molar-refractivity contribution in [1.29, 1.82) is 0 Å². The number of aliphatic hydroxyl groups excluding tert-OH is 1. The summed E-state index contributed by atoms with van der Waals surface area (Å²) in [4.78, 5) is 16.0. The Morgan fingerprint density at radius 1 is 1.47 bits per heavy atom. The van der Waals surface area contributed by atoms with Crippen molar-refractivity contribution in [2.24, 2.45) is 0 Å². The lowest BCUT2D eigenvalue weighted by Gasteiger charge is -2.07. The van der Waals surface area contributed by atoms with Crippen LogP contribution in [0.1, 0.15) is 10.4 Å². The van der Waals surface area contributed by atoms with Crippen LogP contribution >= 0.6 is 11.6 Å². The summed E-state index contributed by atoms with van der Waals surface area (Å²) in [5.74, 6) is -0.287. The van der Waals surface area contributed by atoms with Gasteiger partial charge in [-0.1, -0.05) is 17.7 Å². The number of aromatic nitrogens is 1. The zero-order valence-corrected chi connectivity index (χ0v) is 9.74. The second-order valence-corrected chi connectivity index (χ2v) is 3.94. The van der Waals surface area contributed by atoms with Crippen LogP contribution in [0.3, 0.4) is 0 Å². The zero-order chi connectivity index (χ0) is 12.3. The number of hydrogen-bond acceptors (Lipinski definition) is 3. The summed E-state index contributed by atoms with van der Waals surface area (Å²) in [7, 11) is 0. The maximum atomic E-state index is 11.8. The summed E-state index contributed by atoms with van der Waals surface area (Å²) in [5, 5.41) is 12.6. The number of nitrogens with one attached hydrogen (secondary N) is 1. The molecule has 1 aromatic heterocycles. The van der Waals surface area contributed by atoms with E-state index in [0.717, 1.165) is 5.39 Å². The van der Waals surface area contributed by atoms with E-state index in [0.29, 0.717) is 16.1 Å². The molecule has 88 valence electrons. The number of hydrogen-bond donors (Lipinski definition) is 2. The van der Waals surface area contributed by atoms with Gasteiger partial charge >= 0.3 is 0 Å². The van der Waals surface area contributed by atoms with Crippen LogP contribution in [-0.2, 0) is 0 Å². The number of rotatable bonds is 3. The van der Waals surface area contributed by atoms with Gasteiger partial charge in [0.05, 0.1) is 17.7 Å². The van der Waals surface area contributed by atoms with Gasteiger partial charge in [-0.2, -0.15) is 0 Å². The highest BCUT2D eigenvalue weighted by Crippen LogP contribution is 2.22. The summed E-state index contributed by atoms with van der Waals surface area (Å²) < 4.78 is 0. The molecule has 0 aliphatic rings. The van der Waals surface area contributed by atoms with Gasteiger partial charge < -0.3 is 10.4 Å². The van der Waals surface area contributed by atoms with Gasteiger partial charge in [0.15, 0.2) is 0 Å². The van der Waals surface area contributed by atoms with Crippen molar-refractivity contribution < 1.29 is 9.90 Å². The molecule has 0 spiro atoms. The lowest BCUT2D eigenvalue weighted by molar-refractivity contribution is 0.0946. The van der Waals surface area contributed by atoms with Crippen molar-refractivity contribution >= 4 is 28.4 Å². The molecule has 0 fully saturated rings. The first-order valence-electron chi connectivity index (χ1n) is 5.15. The number of carbonyl (C=O) groups is 1. The summed E-state index contributed by atoms with van der Waals surface area (Å²) in [6, 6.07) is 6.96. The van der Waals surface area contributed by atoms with Crippen molar-refractivity contribution in [2.45, 2.75) is 0 Å². The van der Waals surface area contributed by atoms with Crippen molar-refractivity contribution in [2.75, 3.05) is 13.2 Å². The Bertz CT molecular complexity index is 557. The van der Waals surface area contributed by atoms with E-state index in [1.165, 1.54) is 0 Å². The second kappa shape index (κ2) is 5.12. The Balaban J connectivity index is 2.48. The first-order chi connectivity index (χ1) is 8.22. The highest BCUT2D eigenvalue weighted by Gasteiger charge is 2.11. The van der Waals surface area contributed by atoms with E-state index in [9.17, 15) is 4.79 Å². The van der Waals surface area contributed by atoms with Gasteiger partial charge in [0.1, 0.15) is 0 Å². The molecule has 17 heavy (non-hydrogen) atoms. The molecule has 1 aromatic carbocycles. The molecule has 0 saturated carbocycles. The fourth-order valence-electron chi connectivity index (χ4n) is 1.59. The van der Waals surface area contributed by atoms with Crippen LogP contribution in [0.25, 0.3) is 10.9 Å². The average molecular weight is 251 g/mol. The molecular formula is C12H11ClN2O2. The number of halogens is 1. The Labute approximate surface area is 103 Å². The van der Waals surface area contributed by atoms with Gasteiger partial charge in [-0.3, -0.25) is 9.78 Å². The standard InChI is InChI=1S/C12H11ClN2O2/c13-9-6-8-2-1-3-14-11(8)10(7-9)12(17)15-4-5-16/h1-3,6-7,16H,4-5H2,(H,15,17). The van der Waals surface area contributed by atoms with E-state index >= 15 is 0 Å². The number of pyridine rings is 1. The van der Waals surface area contributed by atoms with Crippen LogP contribution in [-0.4, -0.2) is 29.1 Å². The Kier molecular flexibility index (Phi) is 3.56. The second-order valence-electron chi connectivity index (χ2n) is 3.51. The molecule has 0 saturated heterocycles. The van der Waals surface area contributed by atoms with Gasteiger partial charge in [-0.05, 0) is 18.2 Å². The number of benzene rings is 1. The molecule has 2 aromatic rings. The zero-order valence-electron chi connectivity index (χ0n) is 8.98. The van der Waals surface area contributed by atoms with Crippen molar-refractivity contribution in [3.8, 4) is 0 Å². The van der Waals surface area contributed by atoms with Gasteiger partial charge in [0.2, 0.25) is 0 Å². The Hall–Kier alpha value is -1.65. The van der Waals surface area contributed by atoms with Gasteiger partial charge in [-0.25, -0.2) is 0 Å². The van der Waals surface area contributed by atoms with E-state index in [-0.39, 0.29) is 19.1 Å². The van der Waals surface area contributed by atoms with E-state index in [1.54, 1.807) is 24.4 Å². The minimum atomic E-state index is -0.287. The molecule has 5 heteroatoms. The minimum absolute atomic E-state index is 0.0995. The smallest absolute Gasteiger partial charge is 0.253 e. The molecule has 0 atom stereocenters. The minimum Gasteiger partial charge on any atom is -0.395 e. The number of nitrogens with zero attached hydrogens (tertiary/aromatic N) is 1. The third-order valence-electron chi connectivity index (χ3n) is 2.31. The molecule has 1 heterocycles. The molecule has 0 bridgehead atoms. The molecule has 1 amide bonds. The Morgan fingerprint density at radius 2 is 2.29 bits per heavy atom. The molecule has 0 unspecified atom stereocenters. The highest BCUT2D eigenvalue weighted by atomic mass is 35.5. The Morgan fingerprint density at radius 3 is 3.06 bits per heavy atom. The maximum absolute atomic E-state index is 11.8. The molecule has 2 N–H and O–H groups in total. The van der Waals surface area contributed by atoms with Crippen LogP contribution in [0, 0.1) is 0 Å². The van der Waals surface area contributed by atoms with Crippen LogP contribution < -0.4 is 5.32 Å². The van der Waals surface area contributed by atoms with Gasteiger partial charge in [0.25, 0.3) is 5.91 Å². The van der Waals surface area contributed by atoms with Gasteiger partial charge in [0, 0.05) is 23.2 Å². The average Bonchev–Trinajstić information content (AvgIpc) is 2.34. The largest absolute Gasteiger partial charge is 0.395 e. The topological polar surface area (TPSA) is 62.2 Å². The summed E-state index contributed by atoms with van der Waals surface area (Å²) in [5.41, 5.74) is 1.02. The number of aliphatic hydroxyl groups is 1. The van der Waals surface area contributed by atoms with E-state index in [2.05, 4.69) is 10.3 Å². The predicted molar refractivity (Wildman–Crippen MR) is 66.2 cm³/mol. The third kappa shape index (κ3) is 2.54. The summed E-state index contributed by atoms with van der Waals surface area (Å²) in [6.07, 6.45) is 1.62. The van der Waals surface area contributed by atoms with Crippen molar-refractivity contribution in [3.63, 3.8) is 0 Å². The molecule has 0 radical (unpaired) electrons. The molecule has 0 aliphatic heterocycles.